The summed E-state index contributed by atoms with van der Waals surface area (Å²) in [7, 11) is 1.56. The molecule has 2 aliphatic rings. The van der Waals surface area contributed by atoms with Crippen molar-refractivity contribution in [3.05, 3.63) is 102 Å². The fourth-order valence-corrected chi connectivity index (χ4v) is 6.06. The fourth-order valence-electron chi connectivity index (χ4n) is 5.14. The molecule has 2 N–H and O–H groups in total. The van der Waals surface area contributed by atoms with Gasteiger partial charge >= 0.3 is 12.1 Å². The lowest BCUT2D eigenvalue weighted by atomic mass is 10.0. The topological polar surface area (TPSA) is 96.4 Å². The van der Waals surface area contributed by atoms with E-state index in [1.165, 1.54) is 20.5 Å². The van der Waals surface area contributed by atoms with Gasteiger partial charge in [-0.2, -0.15) is 11.8 Å². The summed E-state index contributed by atoms with van der Waals surface area (Å²) in [6.45, 7) is 1.05. The average molecular weight is 560 g/mol. The Morgan fingerprint density at radius 3 is 2.25 bits per heavy atom. The summed E-state index contributed by atoms with van der Waals surface area (Å²) in [5.41, 5.74) is 2.98. The molecule has 3 aromatic carbocycles. The number of phenolic OH excluding ortho intramolecular Hbond substituents is 1. The lowest BCUT2D eigenvalue weighted by Gasteiger charge is -2.43. The summed E-state index contributed by atoms with van der Waals surface area (Å²) in [6, 6.07) is 24.8. The molecule has 3 aromatic rings. The van der Waals surface area contributed by atoms with Crippen LogP contribution in [-0.4, -0.2) is 81.0 Å². The number of aromatic hydroxyl groups is 1. The lowest BCUT2D eigenvalue weighted by Crippen LogP contribution is -2.65. The second kappa shape index (κ2) is 12.3. The highest BCUT2D eigenvalue weighted by atomic mass is 32.2. The van der Waals surface area contributed by atoms with Crippen molar-refractivity contribution in [1.82, 2.24) is 25.1 Å². The van der Waals surface area contributed by atoms with Crippen molar-refractivity contribution in [2.45, 2.75) is 30.9 Å². The first-order valence-electron chi connectivity index (χ1n) is 13.3. The number of hydrogen-bond acceptors (Lipinski definition) is 5. The molecule has 5 rings (SSSR count). The van der Waals surface area contributed by atoms with Gasteiger partial charge in [0.15, 0.2) is 0 Å². The van der Waals surface area contributed by atoms with E-state index < -0.39 is 24.3 Å². The van der Waals surface area contributed by atoms with E-state index in [2.05, 4.69) is 17.4 Å². The zero-order chi connectivity index (χ0) is 28.1. The molecule has 0 saturated carbocycles. The summed E-state index contributed by atoms with van der Waals surface area (Å²) in [5.74, 6) is 1.55. The van der Waals surface area contributed by atoms with Crippen LogP contribution in [0.1, 0.15) is 16.7 Å². The number of hydrogen-bond donors (Lipinski definition) is 2. The van der Waals surface area contributed by atoms with E-state index in [0.717, 1.165) is 22.6 Å². The van der Waals surface area contributed by atoms with Gasteiger partial charge in [0.05, 0.1) is 6.54 Å². The van der Waals surface area contributed by atoms with Crippen molar-refractivity contribution in [1.29, 1.82) is 0 Å². The fraction of sp³-hybridized carbons (Fsp3) is 0.300. The Labute approximate surface area is 238 Å². The zero-order valence-corrected chi connectivity index (χ0v) is 23.2. The summed E-state index contributed by atoms with van der Waals surface area (Å²) in [6.07, 6.45) is -0.352. The van der Waals surface area contributed by atoms with Gasteiger partial charge < -0.3 is 15.3 Å². The number of carbonyl (C=O) groups is 3. The molecule has 2 saturated heterocycles. The zero-order valence-electron chi connectivity index (χ0n) is 22.3. The monoisotopic (exact) mass is 559 g/mol. The van der Waals surface area contributed by atoms with E-state index in [1.807, 2.05) is 48.5 Å². The second-order valence-electron chi connectivity index (χ2n) is 9.89. The van der Waals surface area contributed by atoms with E-state index >= 15 is 0 Å². The number of amides is 5. The molecule has 2 aliphatic heterocycles. The Balaban J connectivity index is 1.34. The van der Waals surface area contributed by atoms with E-state index in [4.69, 9.17) is 0 Å². The number of piperazine rings is 1. The van der Waals surface area contributed by atoms with Gasteiger partial charge in [-0.05, 0) is 28.8 Å². The van der Waals surface area contributed by atoms with Crippen LogP contribution in [0.3, 0.4) is 0 Å². The van der Waals surface area contributed by atoms with Crippen molar-refractivity contribution < 1.29 is 19.5 Å². The Morgan fingerprint density at radius 2 is 1.57 bits per heavy atom. The molecule has 0 aliphatic carbocycles. The predicted octanol–water partition coefficient (Wildman–Crippen LogP) is 3.90. The largest absolute Gasteiger partial charge is 0.508 e. The molecular formula is C30H33N5O4S. The number of nitrogens with zero attached hydrogens (tertiary/aromatic N) is 4. The van der Waals surface area contributed by atoms with Crippen molar-refractivity contribution in [2.24, 2.45) is 0 Å². The third-order valence-electron chi connectivity index (χ3n) is 7.22. The van der Waals surface area contributed by atoms with Crippen LogP contribution in [0, 0.1) is 0 Å². The SMILES string of the molecule is CN1C(=O)N2C(CN(CCSCc3ccccc3)C(=O)[C@@H]2Cc2ccc(O)cc2)N1C(=O)NCc1ccccc1. The van der Waals surface area contributed by atoms with Gasteiger partial charge in [-0.15, -0.1) is 0 Å². The third kappa shape index (κ3) is 6.02. The summed E-state index contributed by atoms with van der Waals surface area (Å²) in [5, 5.41) is 15.4. The lowest BCUT2D eigenvalue weighted by molar-refractivity contribution is -0.144. The van der Waals surface area contributed by atoms with Gasteiger partial charge in [0.25, 0.3) is 0 Å². The highest BCUT2D eigenvalue weighted by Gasteiger charge is 2.54. The van der Waals surface area contributed by atoms with Crippen LogP contribution in [0.5, 0.6) is 5.75 Å². The van der Waals surface area contributed by atoms with Crippen LogP contribution in [0.25, 0.3) is 0 Å². The first kappa shape index (κ1) is 27.4. The molecule has 0 spiro atoms. The van der Waals surface area contributed by atoms with Gasteiger partial charge in [0.1, 0.15) is 18.0 Å². The van der Waals surface area contributed by atoms with Crippen molar-refractivity contribution >= 4 is 29.7 Å². The number of thioether (sulfide) groups is 1. The summed E-state index contributed by atoms with van der Waals surface area (Å²) in [4.78, 5) is 43.9. The van der Waals surface area contributed by atoms with Crippen molar-refractivity contribution in [2.75, 3.05) is 25.9 Å². The number of carbonyl (C=O) groups excluding carboxylic acids is 3. The average Bonchev–Trinajstić information content (AvgIpc) is 3.23. The van der Waals surface area contributed by atoms with Crippen LogP contribution < -0.4 is 5.32 Å². The Kier molecular flexibility index (Phi) is 8.45. The minimum absolute atomic E-state index is 0.131. The van der Waals surface area contributed by atoms with E-state index in [9.17, 15) is 19.5 Å². The molecule has 2 heterocycles. The predicted molar refractivity (Wildman–Crippen MR) is 154 cm³/mol. The molecule has 40 heavy (non-hydrogen) atoms. The van der Waals surface area contributed by atoms with Crippen LogP contribution in [0.4, 0.5) is 9.59 Å². The molecule has 2 fully saturated rings. The highest BCUT2D eigenvalue weighted by Crippen LogP contribution is 2.31. The number of urea groups is 2. The number of phenols is 1. The van der Waals surface area contributed by atoms with Crippen LogP contribution in [0.2, 0.25) is 0 Å². The minimum Gasteiger partial charge on any atom is -0.508 e. The molecule has 1 unspecified atom stereocenters. The molecule has 2 atom stereocenters. The van der Waals surface area contributed by atoms with Gasteiger partial charge in [-0.1, -0.05) is 72.8 Å². The Morgan fingerprint density at radius 1 is 0.925 bits per heavy atom. The third-order valence-corrected chi connectivity index (χ3v) is 8.23. The van der Waals surface area contributed by atoms with Gasteiger partial charge in [-0.25, -0.2) is 19.6 Å². The van der Waals surface area contributed by atoms with Gasteiger partial charge in [0.2, 0.25) is 5.91 Å². The number of hydrazine groups is 1. The summed E-state index contributed by atoms with van der Waals surface area (Å²) < 4.78 is 0. The standard InChI is InChI=1S/C30H33N5O4S/c1-32-30(39)34-26(18-22-12-14-25(36)15-13-22)28(37)33(16-17-40-21-24-10-6-3-7-11-24)20-27(34)35(32)29(38)31-19-23-8-4-2-5-9-23/h2-15,26-27,36H,16-21H2,1H3,(H,31,38)/t26-,27?/m0/s1. The van der Waals surface area contributed by atoms with Crippen molar-refractivity contribution in [3.8, 4) is 5.75 Å². The smallest absolute Gasteiger partial charge is 0.341 e. The number of benzene rings is 3. The van der Waals surface area contributed by atoms with Crippen LogP contribution >= 0.6 is 11.8 Å². The quantitative estimate of drug-likeness (QED) is 0.388. The van der Waals surface area contributed by atoms with E-state index in [1.54, 1.807) is 48.0 Å². The Hall–Kier alpha value is -4.18. The number of nitrogens with one attached hydrogen (secondary N) is 1. The molecule has 0 bridgehead atoms. The molecule has 0 aromatic heterocycles. The van der Waals surface area contributed by atoms with E-state index in [0.29, 0.717) is 13.1 Å². The summed E-state index contributed by atoms with van der Waals surface area (Å²) >= 11 is 1.74. The van der Waals surface area contributed by atoms with E-state index in [-0.39, 0.29) is 24.6 Å². The van der Waals surface area contributed by atoms with Crippen LogP contribution in [-0.2, 0) is 23.5 Å². The molecule has 9 nitrogen and oxygen atoms in total. The molecular weight excluding hydrogens is 526 g/mol. The first-order valence-corrected chi connectivity index (χ1v) is 14.4. The number of fused-ring (bicyclic) bond motifs is 1. The number of rotatable bonds is 9. The minimum atomic E-state index is -0.774. The van der Waals surface area contributed by atoms with Crippen LogP contribution in [0.15, 0.2) is 84.9 Å². The molecule has 208 valence electrons. The maximum Gasteiger partial charge on any atom is 0.341 e. The second-order valence-corrected chi connectivity index (χ2v) is 11.0. The maximum atomic E-state index is 13.8. The molecule has 0 radical (unpaired) electrons. The molecule has 5 amide bonds. The first-order chi connectivity index (χ1) is 19.4. The van der Waals surface area contributed by atoms with Gasteiger partial charge in [0, 0.05) is 38.1 Å². The van der Waals surface area contributed by atoms with Crippen molar-refractivity contribution in [3.63, 3.8) is 0 Å². The van der Waals surface area contributed by atoms with Gasteiger partial charge in [-0.3, -0.25) is 9.69 Å². The highest BCUT2D eigenvalue weighted by molar-refractivity contribution is 7.98. The maximum absolute atomic E-state index is 13.8. The normalized spacial score (nSPS) is 18.7. The Bertz CT molecular complexity index is 1320. The molecule has 10 heteroatoms.